The molecular weight excluding hydrogens is 290 g/mol. The average molecular weight is 315 g/mol. The Bertz CT molecular complexity index is 672. The van der Waals surface area contributed by atoms with Gasteiger partial charge in [-0.3, -0.25) is 4.79 Å². The zero-order valence-corrected chi connectivity index (χ0v) is 14.5. The molecule has 0 aliphatic rings. The second-order valence-electron chi connectivity index (χ2n) is 6.41. The number of carbonyl (C=O) groups excluding carboxylic acids is 1. The van der Waals surface area contributed by atoms with Gasteiger partial charge in [-0.25, -0.2) is 4.98 Å². The van der Waals surface area contributed by atoms with Gasteiger partial charge in [0.15, 0.2) is 0 Å². The van der Waals surface area contributed by atoms with Gasteiger partial charge in [-0.15, -0.1) is 0 Å². The number of hydrogen-bond acceptors (Lipinski definition) is 3. The molecule has 1 aromatic carbocycles. The topological polar surface area (TPSA) is 56.1 Å². The molecule has 0 spiro atoms. The average Bonchev–Trinajstić information content (AvgIpc) is 2.86. The Morgan fingerprint density at radius 1 is 1.26 bits per heavy atom. The van der Waals surface area contributed by atoms with E-state index in [4.69, 9.17) is 4.74 Å². The highest BCUT2D eigenvalue weighted by Gasteiger charge is 2.27. The molecule has 0 atom stereocenters. The minimum absolute atomic E-state index is 0.00282. The van der Waals surface area contributed by atoms with Crippen LogP contribution in [0, 0.1) is 19.3 Å². The number of carbonyl (C=O) groups is 1. The Hall–Kier alpha value is -2.14. The molecule has 124 valence electrons. The van der Waals surface area contributed by atoms with Crippen LogP contribution in [-0.2, 0) is 9.53 Å². The van der Waals surface area contributed by atoms with E-state index in [9.17, 15) is 4.79 Å². The first-order chi connectivity index (χ1) is 10.8. The Morgan fingerprint density at radius 3 is 2.43 bits per heavy atom. The molecule has 0 saturated carbocycles. The molecule has 1 amide bonds. The van der Waals surface area contributed by atoms with Crippen LogP contribution in [-0.4, -0.2) is 29.2 Å². The molecule has 1 N–H and O–H groups in total. The Labute approximate surface area is 137 Å². The zero-order valence-electron chi connectivity index (χ0n) is 14.5. The summed E-state index contributed by atoms with van der Waals surface area (Å²) in [5.74, 6) is -0.00282. The van der Waals surface area contributed by atoms with Gasteiger partial charge in [-0.1, -0.05) is 13.8 Å². The van der Waals surface area contributed by atoms with Gasteiger partial charge in [-0.05, 0) is 44.5 Å². The van der Waals surface area contributed by atoms with Crippen molar-refractivity contribution in [2.75, 3.05) is 19.0 Å². The van der Waals surface area contributed by atoms with E-state index in [0.717, 1.165) is 22.8 Å². The van der Waals surface area contributed by atoms with Crippen molar-refractivity contribution in [3.63, 3.8) is 0 Å². The molecule has 0 bridgehead atoms. The summed E-state index contributed by atoms with van der Waals surface area (Å²) in [4.78, 5) is 16.7. The van der Waals surface area contributed by atoms with Gasteiger partial charge in [0.2, 0.25) is 5.91 Å². The summed E-state index contributed by atoms with van der Waals surface area (Å²) in [7, 11) is 1.65. The highest BCUT2D eigenvalue weighted by atomic mass is 16.5. The second-order valence-corrected chi connectivity index (χ2v) is 6.41. The maximum absolute atomic E-state index is 12.4. The van der Waals surface area contributed by atoms with Gasteiger partial charge in [-0.2, -0.15) is 0 Å². The largest absolute Gasteiger partial charge is 0.385 e. The molecule has 1 aromatic heterocycles. The Kier molecular flexibility index (Phi) is 5.21. The van der Waals surface area contributed by atoms with Crippen molar-refractivity contribution < 1.29 is 9.53 Å². The van der Waals surface area contributed by atoms with Crippen LogP contribution in [0.15, 0.2) is 30.6 Å². The number of hydrogen-bond donors (Lipinski definition) is 1. The lowest BCUT2D eigenvalue weighted by molar-refractivity contribution is -0.124. The molecule has 5 nitrogen and oxygen atoms in total. The number of benzene rings is 1. The predicted molar refractivity (Wildman–Crippen MR) is 91.9 cm³/mol. The number of ether oxygens (including phenoxy) is 1. The van der Waals surface area contributed by atoms with Crippen LogP contribution in [0.25, 0.3) is 5.69 Å². The van der Waals surface area contributed by atoms with Crippen LogP contribution >= 0.6 is 0 Å². The van der Waals surface area contributed by atoms with E-state index in [0.29, 0.717) is 13.0 Å². The Morgan fingerprint density at radius 2 is 1.91 bits per heavy atom. The molecule has 0 saturated heterocycles. The van der Waals surface area contributed by atoms with Gasteiger partial charge >= 0.3 is 0 Å². The maximum atomic E-state index is 12.4. The maximum Gasteiger partial charge on any atom is 0.230 e. The zero-order chi connectivity index (χ0) is 17.0. The number of anilines is 1. The summed E-state index contributed by atoms with van der Waals surface area (Å²) in [5.41, 5.74) is 3.48. The third-order valence-corrected chi connectivity index (χ3v) is 4.20. The normalized spacial score (nSPS) is 11.5. The molecule has 0 aliphatic carbocycles. The van der Waals surface area contributed by atoms with Crippen LogP contribution in [0.1, 0.15) is 31.7 Å². The summed E-state index contributed by atoms with van der Waals surface area (Å²) < 4.78 is 7.10. The molecule has 0 fully saturated rings. The standard InChI is InChI=1S/C18H25N3O2/c1-13-14(2)21(12-19-13)16-8-6-15(7-9-16)20-17(22)18(3,4)10-11-23-5/h6-9,12H,10-11H2,1-5H3,(H,20,22). The summed E-state index contributed by atoms with van der Waals surface area (Å²) in [6.45, 7) is 8.44. The summed E-state index contributed by atoms with van der Waals surface area (Å²) in [5, 5.41) is 2.97. The molecule has 5 heteroatoms. The SMILES string of the molecule is COCCC(C)(C)C(=O)Nc1ccc(-n2cnc(C)c2C)cc1. The minimum atomic E-state index is -0.466. The number of imidazole rings is 1. The summed E-state index contributed by atoms with van der Waals surface area (Å²) >= 11 is 0. The monoisotopic (exact) mass is 315 g/mol. The number of aromatic nitrogens is 2. The smallest absolute Gasteiger partial charge is 0.230 e. The molecule has 23 heavy (non-hydrogen) atoms. The molecule has 2 rings (SSSR count). The molecule has 0 aliphatic heterocycles. The lowest BCUT2D eigenvalue weighted by atomic mass is 9.88. The first kappa shape index (κ1) is 17.2. The van der Waals surface area contributed by atoms with Crippen molar-refractivity contribution in [2.24, 2.45) is 5.41 Å². The number of aryl methyl sites for hydroxylation is 1. The van der Waals surface area contributed by atoms with Crippen molar-refractivity contribution in [3.8, 4) is 5.69 Å². The van der Waals surface area contributed by atoms with Crippen LogP contribution < -0.4 is 5.32 Å². The first-order valence-corrected chi connectivity index (χ1v) is 7.76. The van der Waals surface area contributed by atoms with Gasteiger partial charge in [0.1, 0.15) is 0 Å². The fraction of sp³-hybridized carbons (Fsp3) is 0.444. The molecule has 1 heterocycles. The van der Waals surface area contributed by atoms with Crippen LogP contribution in [0.4, 0.5) is 5.69 Å². The third-order valence-electron chi connectivity index (χ3n) is 4.20. The van der Waals surface area contributed by atoms with Crippen molar-refractivity contribution in [1.29, 1.82) is 0 Å². The van der Waals surface area contributed by atoms with Crippen LogP contribution in [0.5, 0.6) is 0 Å². The number of methoxy groups -OCH3 is 1. The highest BCUT2D eigenvalue weighted by Crippen LogP contribution is 2.23. The number of nitrogens with zero attached hydrogens (tertiary/aromatic N) is 2. The molecule has 2 aromatic rings. The van der Waals surface area contributed by atoms with Crippen molar-refractivity contribution in [3.05, 3.63) is 42.0 Å². The first-order valence-electron chi connectivity index (χ1n) is 7.76. The lowest BCUT2D eigenvalue weighted by Crippen LogP contribution is -2.31. The van der Waals surface area contributed by atoms with Crippen molar-refractivity contribution in [2.45, 2.75) is 34.1 Å². The number of nitrogens with one attached hydrogen (secondary N) is 1. The summed E-state index contributed by atoms with van der Waals surface area (Å²) in [6.07, 6.45) is 2.49. The minimum Gasteiger partial charge on any atom is -0.385 e. The highest BCUT2D eigenvalue weighted by molar-refractivity contribution is 5.94. The van der Waals surface area contributed by atoms with E-state index < -0.39 is 5.41 Å². The van der Waals surface area contributed by atoms with E-state index in [1.165, 1.54) is 0 Å². The van der Waals surface area contributed by atoms with E-state index in [1.54, 1.807) is 7.11 Å². The third kappa shape index (κ3) is 3.99. The van der Waals surface area contributed by atoms with Gasteiger partial charge < -0.3 is 14.6 Å². The fourth-order valence-electron chi connectivity index (χ4n) is 2.24. The van der Waals surface area contributed by atoms with E-state index >= 15 is 0 Å². The van der Waals surface area contributed by atoms with Gasteiger partial charge in [0.25, 0.3) is 0 Å². The van der Waals surface area contributed by atoms with Gasteiger partial charge in [0, 0.05) is 36.2 Å². The van der Waals surface area contributed by atoms with Crippen molar-refractivity contribution >= 4 is 11.6 Å². The van der Waals surface area contributed by atoms with E-state index in [1.807, 2.05) is 62.9 Å². The fourth-order valence-corrected chi connectivity index (χ4v) is 2.24. The van der Waals surface area contributed by atoms with E-state index in [2.05, 4.69) is 10.3 Å². The number of rotatable bonds is 6. The van der Waals surface area contributed by atoms with Crippen LogP contribution in [0.3, 0.4) is 0 Å². The van der Waals surface area contributed by atoms with Crippen molar-refractivity contribution in [1.82, 2.24) is 9.55 Å². The lowest BCUT2D eigenvalue weighted by Gasteiger charge is -2.23. The van der Waals surface area contributed by atoms with Gasteiger partial charge in [0.05, 0.1) is 12.0 Å². The second kappa shape index (κ2) is 6.96. The quantitative estimate of drug-likeness (QED) is 0.888. The predicted octanol–water partition coefficient (Wildman–Crippen LogP) is 3.49. The van der Waals surface area contributed by atoms with E-state index in [-0.39, 0.29) is 5.91 Å². The van der Waals surface area contributed by atoms with Crippen LogP contribution in [0.2, 0.25) is 0 Å². The number of amides is 1. The molecular formula is C18H25N3O2. The molecule has 0 unspecified atom stereocenters. The summed E-state index contributed by atoms with van der Waals surface area (Å²) in [6, 6.07) is 7.78. The molecule has 0 radical (unpaired) electrons. The Balaban J connectivity index is 2.08.